The molecule has 0 N–H and O–H groups in total. The van der Waals surface area contributed by atoms with Crippen molar-refractivity contribution >= 4 is 21.9 Å². The molecule has 2 aromatic rings. The average molecular weight is 337 g/mol. The summed E-state index contributed by atoms with van der Waals surface area (Å²) >= 11 is 3.33. The van der Waals surface area contributed by atoms with Crippen molar-refractivity contribution in [1.29, 1.82) is 0 Å². The van der Waals surface area contributed by atoms with Crippen molar-refractivity contribution < 1.29 is 19.0 Å². The quantitative estimate of drug-likeness (QED) is 0.631. The van der Waals surface area contributed by atoms with E-state index in [1.54, 1.807) is 56.7 Å². The number of hydrogen-bond acceptors (Lipinski definition) is 4. The van der Waals surface area contributed by atoms with Crippen LogP contribution in [-0.4, -0.2) is 20.2 Å². The largest absolute Gasteiger partial charge is 0.497 e. The Morgan fingerprint density at radius 1 is 0.950 bits per heavy atom. The normalized spacial score (nSPS) is 9.95. The van der Waals surface area contributed by atoms with Crippen LogP contribution in [0.4, 0.5) is 0 Å². The third-order valence-corrected chi connectivity index (χ3v) is 3.28. The predicted molar refractivity (Wildman–Crippen MR) is 78.6 cm³/mol. The van der Waals surface area contributed by atoms with Gasteiger partial charge in [-0.15, -0.1) is 0 Å². The molecule has 0 aliphatic heterocycles. The lowest BCUT2D eigenvalue weighted by molar-refractivity contribution is 0.0734. The second-order valence-corrected chi connectivity index (χ2v) is 4.77. The smallest absolute Gasteiger partial charge is 0.343 e. The van der Waals surface area contributed by atoms with Crippen molar-refractivity contribution in [1.82, 2.24) is 0 Å². The van der Waals surface area contributed by atoms with Crippen LogP contribution in [0.3, 0.4) is 0 Å². The standard InChI is InChI=1S/C15H13BrO4/c1-18-11-4-6-12(7-5-11)20-15(17)10-3-8-14(19-2)13(16)9-10/h3-9H,1-2H3. The highest BCUT2D eigenvalue weighted by atomic mass is 79.9. The fraction of sp³-hybridized carbons (Fsp3) is 0.133. The van der Waals surface area contributed by atoms with E-state index in [-0.39, 0.29) is 0 Å². The molecule has 0 fully saturated rings. The van der Waals surface area contributed by atoms with Crippen LogP contribution in [0.1, 0.15) is 10.4 Å². The van der Waals surface area contributed by atoms with E-state index in [2.05, 4.69) is 15.9 Å². The molecule has 5 heteroatoms. The van der Waals surface area contributed by atoms with Gasteiger partial charge in [-0.2, -0.15) is 0 Å². The molecule has 0 aliphatic carbocycles. The van der Waals surface area contributed by atoms with E-state index in [9.17, 15) is 4.79 Å². The van der Waals surface area contributed by atoms with Gasteiger partial charge in [-0.3, -0.25) is 0 Å². The second kappa shape index (κ2) is 6.43. The van der Waals surface area contributed by atoms with E-state index >= 15 is 0 Å². The Hall–Kier alpha value is -2.01. The molecule has 104 valence electrons. The van der Waals surface area contributed by atoms with Gasteiger partial charge in [0.25, 0.3) is 0 Å². The topological polar surface area (TPSA) is 44.8 Å². The Kier molecular flexibility index (Phi) is 4.63. The van der Waals surface area contributed by atoms with E-state index < -0.39 is 5.97 Å². The molecule has 20 heavy (non-hydrogen) atoms. The van der Waals surface area contributed by atoms with Gasteiger partial charge in [-0.1, -0.05) is 0 Å². The number of methoxy groups -OCH3 is 2. The van der Waals surface area contributed by atoms with Gasteiger partial charge in [0.1, 0.15) is 17.2 Å². The van der Waals surface area contributed by atoms with Crippen LogP contribution in [0.5, 0.6) is 17.2 Å². The van der Waals surface area contributed by atoms with E-state index in [0.29, 0.717) is 27.3 Å². The van der Waals surface area contributed by atoms with Crippen molar-refractivity contribution in [3.05, 3.63) is 52.5 Å². The van der Waals surface area contributed by atoms with Crippen molar-refractivity contribution in [2.75, 3.05) is 14.2 Å². The van der Waals surface area contributed by atoms with Crippen LogP contribution in [0.25, 0.3) is 0 Å². The molecule has 0 heterocycles. The molecule has 0 atom stereocenters. The molecular weight excluding hydrogens is 324 g/mol. The fourth-order valence-electron chi connectivity index (χ4n) is 1.60. The molecule has 0 bridgehead atoms. The maximum atomic E-state index is 12.0. The molecule has 0 aliphatic rings. The van der Waals surface area contributed by atoms with Crippen LogP contribution in [-0.2, 0) is 0 Å². The van der Waals surface area contributed by atoms with Crippen LogP contribution >= 0.6 is 15.9 Å². The summed E-state index contributed by atoms with van der Waals surface area (Å²) in [5, 5.41) is 0. The van der Waals surface area contributed by atoms with Gasteiger partial charge >= 0.3 is 5.97 Å². The zero-order chi connectivity index (χ0) is 14.5. The molecule has 0 amide bonds. The van der Waals surface area contributed by atoms with Crippen molar-refractivity contribution in [2.45, 2.75) is 0 Å². The first kappa shape index (κ1) is 14.4. The number of halogens is 1. The summed E-state index contributed by atoms with van der Waals surface area (Å²) < 4.78 is 16.1. The number of carbonyl (C=O) groups excluding carboxylic acids is 1. The lowest BCUT2D eigenvalue weighted by Gasteiger charge is -2.07. The molecule has 0 spiro atoms. The van der Waals surface area contributed by atoms with E-state index in [1.807, 2.05) is 0 Å². The Morgan fingerprint density at radius 3 is 2.15 bits per heavy atom. The summed E-state index contributed by atoms with van der Waals surface area (Å²) in [6.45, 7) is 0. The molecule has 2 rings (SSSR count). The first-order valence-corrected chi connectivity index (χ1v) is 6.63. The maximum Gasteiger partial charge on any atom is 0.343 e. The number of esters is 1. The van der Waals surface area contributed by atoms with Gasteiger partial charge in [0, 0.05) is 0 Å². The summed E-state index contributed by atoms with van der Waals surface area (Å²) in [5.74, 6) is 1.39. The third kappa shape index (κ3) is 3.30. The van der Waals surface area contributed by atoms with Gasteiger partial charge in [0.05, 0.1) is 24.3 Å². The van der Waals surface area contributed by atoms with Crippen molar-refractivity contribution in [3.8, 4) is 17.2 Å². The molecule has 0 unspecified atom stereocenters. The molecular formula is C15H13BrO4. The van der Waals surface area contributed by atoms with E-state index in [1.165, 1.54) is 0 Å². The molecule has 4 nitrogen and oxygen atoms in total. The van der Waals surface area contributed by atoms with Crippen LogP contribution < -0.4 is 14.2 Å². The lowest BCUT2D eigenvalue weighted by Crippen LogP contribution is -2.08. The zero-order valence-corrected chi connectivity index (χ0v) is 12.6. The van der Waals surface area contributed by atoms with Crippen molar-refractivity contribution in [2.24, 2.45) is 0 Å². The highest BCUT2D eigenvalue weighted by Gasteiger charge is 2.11. The molecule has 0 saturated heterocycles. The van der Waals surface area contributed by atoms with E-state index in [0.717, 1.165) is 0 Å². The van der Waals surface area contributed by atoms with Crippen LogP contribution in [0.2, 0.25) is 0 Å². The SMILES string of the molecule is COc1ccc(OC(=O)c2ccc(OC)c(Br)c2)cc1. The number of benzene rings is 2. The minimum Gasteiger partial charge on any atom is -0.497 e. The summed E-state index contributed by atoms with van der Waals surface area (Å²) in [6, 6.07) is 11.8. The summed E-state index contributed by atoms with van der Waals surface area (Å²) in [7, 11) is 3.14. The number of hydrogen-bond donors (Lipinski definition) is 0. The maximum absolute atomic E-state index is 12.0. The minimum atomic E-state index is -0.432. The highest BCUT2D eigenvalue weighted by Crippen LogP contribution is 2.26. The Morgan fingerprint density at radius 2 is 1.60 bits per heavy atom. The van der Waals surface area contributed by atoms with Crippen molar-refractivity contribution in [3.63, 3.8) is 0 Å². The molecule has 2 aromatic carbocycles. The van der Waals surface area contributed by atoms with E-state index in [4.69, 9.17) is 14.2 Å². The molecule has 0 saturated carbocycles. The first-order valence-electron chi connectivity index (χ1n) is 5.84. The summed E-state index contributed by atoms with van der Waals surface area (Å²) in [5.41, 5.74) is 0.438. The number of ether oxygens (including phenoxy) is 3. The zero-order valence-electron chi connectivity index (χ0n) is 11.1. The Bertz CT molecular complexity index is 608. The number of rotatable bonds is 4. The number of carbonyl (C=O) groups is 1. The Balaban J connectivity index is 2.12. The van der Waals surface area contributed by atoms with Crippen LogP contribution in [0.15, 0.2) is 46.9 Å². The first-order chi connectivity index (χ1) is 9.63. The van der Waals surface area contributed by atoms with Gasteiger partial charge in [-0.05, 0) is 58.4 Å². The van der Waals surface area contributed by atoms with Crippen LogP contribution in [0, 0.1) is 0 Å². The molecule has 0 radical (unpaired) electrons. The predicted octanol–water partition coefficient (Wildman–Crippen LogP) is 3.69. The van der Waals surface area contributed by atoms with Gasteiger partial charge in [-0.25, -0.2) is 4.79 Å². The average Bonchev–Trinajstić information content (AvgIpc) is 2.48. The third-order valence-electron chi connectivity index (χ3n) is 2.66. The fourth-order valence-corrected chi connectivity index (χ4v) is 2.14. The lowest BCUT2D eigenvalue weighted by atomic mass is 10.2. The molecule has 0 aromatic heterocycles. The second-order valence-electron chi connectivity index (χ2n) is 3.91. The summed E-state index contributed by atoms with van der Waals surface area (Å²) in [6.07, 6.45) is 0. The highest BCUT2D eigenvalue weighted by molar-refractivity contribution is 9.10. The monoisotopic (exact) mass is 336 g/mol. The minimum absolute atomic E-state index is 0.432. The van der Waals surface area contributed by atoms with Gasteiger partial charge in [0.15, 0.2) is 0 Å². The Labute approximate surface area is 125 Å². The van der Waals surface area contributed by atoms with Gasteiger partial charge < -0.3 is 14.2 Å². The summed E-state index contributed by atoms with van der Waals surface area (Å²) in [4.78, 5) is 12.0. The van der Waals surface area contributed by atoms with Gasteiger partial charge in [0.2, 0.25) is 0 Å².